The number of rotatable bonds is 1. The van der Waals surface area contributed by atoms with Gasteiger partial charge < -0.3 is 4.74 Å². The van der Waals surface area contributed by atoms with E-state index in [0.29, 0.717) is 0 Å². The van der Waals surface area contributed by atoms with Gasteiger partial charge in [-0.05, 0) is 29.7 Å². The molecule has 0 bridgehead atoms. The first-order chi connectivity index (χ1) is 5.91. The molecule has 0 heterocycles. The molecule has 2 nitrogen and oxygen atoms in total. The van der Waals surface area contributed by atoms with Crippen LogP contribution in [0, 0.1) is 5.41 Å². The lowest BCUT2D eigenvalue weighted by molar-refractivity contribution is -0.111. The standard InChI is InChI=1S/C11H16O2/c1-10(2,3)11(13-4)7-5-9(12)6-8-11/h5-8H,1-4H3. The average Bonchev–Trinajstić information content (AvgIpc) is 2.04. The normalized spacial score (nSPS) is 20.8. The molecular weight excluding hydrogens is 164 g/mol. The fourth-order valence-corrected chi connectivity index (χ4v) is 1.47. The number of carbonyl (C=O) groups excluding carboxylic acids is 1. The van der Waals surface area contributed by atoms with Gasteiger partial charge in [-0.15, -0.1) is 0 Å². The Bertz CT molecular complexity index is 250. The van der Waals surface area contributed by atoms with Crippen LogP contribution >= 0.6 is 0 Å². The smallest absolute Gasteiger partial charge is 0.178 e. The maximum atomic E-state index is 11.0. The molecule has 1 aliphatic rings. The monoisotopic (exact) mass is 180 g/mol. The van der Waals surface area contributed by atoms with Gasteiger partial charge in [-0.3, -0.25) is 4.79 Å². The summed E-state index contributed by atoms with van der Waals surface area (Å²) in [7, 11) is 1.66. The largest absolute Gasteiger partial charge is 0.369 e. The average molecular weight is 180 g/mol. The van der Waals surface area contributed by atoms with E-state index in [4.69, 9.17) is 4.74 Å². The molecule has 72 valence electrons. The molecular formula is C11H16O2. The lowest BCUT2D eigenvalue weighted by Gasteiger charge is -2.39. The van der Waals surface area contributed by atoms with E-state index in [1.54, 1.807) is 19.3 Å². The molecule has 0 aromatic rings. The van der Waals surface area contributed by atoms with E-state index in [9.17, 15) is 4.79 Å². The Morgan fingerprint density at radius 3 is 2.00 bits per heavy atom. The Balaban J connectivity index is 3.04. The van der Waals surface area contributed by atoms with Crippen LogP contribution in [0.2, 0.25) is 0 Å². The van der Waals surface area contributed by atoms with Crippen molar-refractivity contribution in [2.45, 2.75) is 26.4 Å². The van der Waals surface area contributed by atoms with Gasteiger partial charge in [-0.1, -0.05) is 20.8 Å². The van der Waals surface area contributed by atoms with Crippen molar-refractivity contribution in [1.29, 1.82) is 0 Å². The quantitative estimate of drug-likeness (QED) is 0.617. The van der Waals surface area contributed by atoms with Gasteiger partial charge >= 0.3 is 0 Å². The van der Waals surface area contributed by atoms with Gasteiger partial charge in [-0.2, -0.15) is 0 Å². The fraction of sp³-hybridized carbons (Fsp3) is 0.545. The van der Waals surface area contributed by atoms with Crippen molar-refractivity contribution in [3.05, 3.63) is 24.3 Å². The van der Waals surface area contributed by atoms with Crippen LogP contribution in [0.25, 0.3) is 0 Å². The van der Waals surface area contributed by atoms with Crippen LogP contribution in [0.15, 0.2) is 24.3 Å². The molecule has 0 aromatic carbocycles. The number of ether oxygens (including phenoxy) is 1. The third kappa shape index (κ3) is 1.73. The van der Waals surface area contributed by atoms with Crippen molar-refractivity contribution in [2.24, 2.45) is 5.41 Å². The van der Waals surface area contributed by atoms with Crippen molar-refractivity contribution >= 4 is 5.78 Å². The first-order valence-electron chi connectivity index (χ1n) is 4.39. The van der Waals surface area contributed by atoms with E-state index in [1.807, 2.05) is 12.2 Å². The van der Waals surface area contributed by atoms with Crippen LogP contribution in [0.1, 0.15) is 20.8 Å². The predicted molar refractivity (Wildman–Crippen MR) is 52.5 cm³/mol. The zero-order chi connectivity index (χ0) is 10.1. The second-order valence-corrected chi connectivity index (χ2v) is 4.32. The van der Waals surface area contributed by atoms with Crippen molar-refractivity contribution in [3.8, 4) is 0 Å². The van der Waals surface area contributed by atoms with Crippen molar-refractivity contribution in [2.75, 3.05) is 7.11 Å². The molecule has 0 amide bonds. The van der Waals surface area contributed by atoms with Crippen molar-refractivity contribution in [1.82, 2.24) is 0 Å². The zero-order valence-corrected chi connectivity index (χ0v) is 8.63. The Hall–Kier alpha value is -0.890. The van der Waals surface area contributed by atoms with E-state index in [1.165, 1.54) is 0 Å². The van der Waals surface area contributed by atoms with E-state index < -0.39 is 5.60 Å². The number of allylic oxidation sites excluding steroid dienone is 2. The number of carbonyl (C=O) groups is 1. The number of hydrogen-bond acceptors (Lipinski definition) is 2. The zero-order valence-electron chi connectivity index (χ0n) is 8.63. The maximum absolute atomic E-state index is 11.0. The third-order valence-corrected chi connectivity index (χ3v) is 2.50. The molecule has 1 rings (SSSR count). The highest BCUT2D eigenvalue weighted by Gasteiger charge is 2.38. The highest BCUT2D eigenvalue weighted by Crippen LogP contribution is 2.37. The summed E-state index contributed by atoms with van der Waals surface area (Å²) in [4.78, 5) is 11.0. The van der Waals surface area contributed by atoms with E-state index in [2.05, 4.69) is 20.8 Å². The van der Waals surface area contributed by atoms with E-state index >= 15 is 0 Å². The molecule has 0 saturated carbocycles. The Morgan fingerprint density at radius 1 is 1.23 bits per heavy atom. The molecule has 2 heteroatoms. The highest BCUT2D eigenvalue weighted by atomic mass is 16.5. The minimum absolute atomic E-state index is 0.0249. The third-order valence-electron chi connectivity index (χ3n) is 2.50. The summed E-state index contributed by atoms with van der Waals surface area (Å²) in [5.41, 5.74) is -0.490. The summed E-state index contributed by atoms with van der Waals surface area (Å²) in [6, 6.07) is 0. The second kappa shape index (κ2) is 3.11. The van der Waals surface area contributed by atoms with Crippen molar-refractivity contribution in [3.63, 3.8) is 0 Å². The highest BCUT2D eigenvalue weighted by molar-refractivity contribution is 6.00. The van der Waals surface area contributed by atoms with Crippen LogP contribution in [0.5, 0.6) is 0 Å². The number of methoxy groups -OCH3 is 1. The van der Waals surface area contributed by atoms with Gasteiger partial charge in [0.05, 0.1) is 0 Å². The van der Waals surface area contributed by atoms with Crippen LogP contribution in [0.3, 0.4) is 0 Å². The summed E-state index contributed by atoms with van der Waals surface area (Å²) in [5, 5.41) is 0. The molecule has 1 aliphatic carbocycles. The molecule has 0 fully saturated rings. The molecule has 0 aromatic heterocycles. The van der Waals surface area contributed by atoms with Gasteiger partial charge in [0.1, 0.15) is 5.60 Å². The predicted octanol–water partition coefficient (Wildman–Crippen LogP) is 2.11. The minimum Gasteiger partial charge on any atom is -0.369 e. The van der Waals surface area contributed by atoms with Crippen molar-refractivity contribution < 1.29 is 9.53 Å². The molecule has 0 aliphatic heterocycles. The number of hydrogen-bond donors (Lipinski definition) is 0. The van der Waals surface area contributed by atoms with Gasteiger partial charge in [0.15, 0.2) is 5.78 Å². The summed E-state index contributed by atoms with van der Waals surface area (Å²) in [5.74, 6) is 0.0249. The SMILES string of the molecule is COC1(C(C)(C)C)C=CC(=O)C=C1. The van der Waals surface area contributed by atoms with Gasteiger partial charge in [-0.25, -0.2) is 0 Å². The van der Waals surface area contributed by atoms with Gasteiger partial charge in [0, 0.05) is 7.11 Å². The lowest BCUT2D eigenvalue weighted by atomic mass is 9.74. The Morgan fingerprint density at radius 2 is 1.69 bits per heavy atom. The summed E-state index contributed by atoms with van der Waals surface area (Å²) >= 11 is 0. The number of ketones is 1. The first-order valence-corrected chi connectivity index (χ1v) is 4.39. The van der Waals surface area contributed by atoms with Gasteiger partial charge in [0.25, 0.3) is 0 Å². The summed E-state index contributed by atoms with van der Waals surface area (Å²) < 4.78 is 5.47. The second-order valence-electron chi connectivity index (χ2n) is 4.32. The van der Waals surface area contributed by atoms with Crippen LogP contribution in [-0.2, 0) is 9.53 Å². The molecule has 13 heavy (non-hydrogen) atoms. The van der Waals surface area contributed by atoms with E-state index in [0.717, 1.165) is 0 Å². The molecule has 0 radical (unpaired) electrons. The summed E-state index contributed by atoms with van der Waals surface area (Å²) in [6.07, 6.45) is 6.79. The fourth-order valence-electron chi connectivity index (χ4n) is 1.47. The Kier molecular flexibility index (Phi) is 2.44. The lowest BCUT2D eigenvalue weighted by Crippen LogP contribution is -2.42. The van der Waals surface area contributed by atoms with Crippen LogP contribution in [0.4, 0.5) is 0 Å². The summed E-state index contributed by atoms with van der Waals surface area (Å²) in [6.45, 7) is 6.25. The van der Waals surface area contributed by atoms with E-state index in [-0.39, 0.29) is 11.2 Å². The van der Waals surface area contributed by atoms with Crippen LogP contribution < -0.4 is 0 Å². The Labute approximate surface area is 79.3 Å². The molecule has 0 atom stereocenters. The van der Waals surface area contributed by atoms with Crippen LogP contribution in [-0.4, -0.2) is 18.5 Å². The molecule has 0 spiro atoms. The minimum atomic E-state index is -0.444. The topological polar surface area (TPSA) is 26.3 Å². The maximum Gasteiger partial charge on any atom is 0.178 e. The molecule has 0 unspecified atom stereocenters. The first kappa shape index (κ1) is 10.2. The molecule has 0 saturated heterocycles. The van der Waals surface area contributed by atoms with Gasteiger partial charge in [0.2, 0.25) is 0 Å². The molecule has 0 N–H and O–H groups in total.